The van der Waals surface area contributed by atoms with E-state index in [1.165, 1.54) is 36.0 Å². The zero-order chi connectivity index (χ0) is 26.5. The second-order valence-corrected chi connectivity index (χ2v) is 10.2. The molecule has 13 heteroatoms. The predicted octanol–water partition coefficient (Wildman–Crippen LogP) is 0.826. The van der Waals surface area contributed by atoms with Crippen molar-refractivity contribution in [3.8, 4) is 5.75 Å². The predicted molar refractivity (Wildman–Crippen MR) is 126 cm³/mol. The minimum absolute atomic E-state index is 0.176. The van der Waals surface area contributed by atoms with Crippen molar-refractivity contribution in [1.29, 1.82) is 0 Å². The minimum atomic E-state index is -4.20. The zero-order valence-corrected chi connectivity index (χ0v) is 21.0. The van der Waals surface area contributed by atoms with Crippen molar-refractivity contribution >= 4 is 19.6 Å². The van der Waals surface area contributed by atoms with Crippen LogP contribution in [0.15, 0.2) is 54.9 Å². The topological polar surface area (TPSA) is 171 Å². The Bertz CT molecular complexity index is 1100. The SMILES string of the molecule is CC(C)OC(=O)[C@H](C)NP(=O)(OC[C@H]1O[C@@H]([n+]2cccc(C(N)=O)c2)[C@@H](O)[C@H]1O)Oc1ccccc1. The number of primary amides is 1. The third-order valence-electron chi connectivity index (χ3n) is 5.17. The van der Waals surface area contributed by atoms with Crippen molar-refractivity contribution in [2.45, 2.75) is 57.5 Å². The van der Waals surface area contributed by atoms with E-state index in [9.17, 15) is 24.4 Å². The van der Waals surface area contributed by atoms with Crippen molar-refractivity contribution in [1.82, 2.24) is 5.09 Å². The number of nitrogens with zero attached hydrogens (tertiary/aromatic N) is 1. The highest BCUT2D eigenvalue weighted by Gasteiger charge is 2.49. The van der Waals surface area contributed by atoms with Crippen molar-refractivity contribution in [3.63, 3.8) is 0 Å². The van der Waals surface area contributed by atoms with Gasteiger partial charge in [0.05, 0.1) is 12.7 Å². The van der Waals surface area contributed by atoms with Crippen LogP contribution in [0, 0.1) is 0 Å². The standard InChI is InChI=1S/C23H30N3O9P/c1-14(2)33-23(30)15(3)25-36(31,35-17-9-5-4-6-10-17)32-13-18-19(27)20(28)22(34-18)26-11-7-8-16(12-26)21(24)29/h4-12,14-15,18-20,22,27-28H,13H2,1-3H3,(H2-,24,25,29,31)/p+1/t15-,18+,19-,20-,22+,36?/m0/s1. The Morgan fingerprint density at radius 1 is 1.14 bits per heavy atom. The lowest BCUT2D eigenvalue weighted by Crippen LogP contribution is -2.46. The van der Waals surface area contributed by atoms with Crippen LogP contribution in [0.2, 0.25) is 0 Å². The minimum Gasteiger partial charge on any atom is -0.462 e. The molecule has 12 nitrogen and oxygen atoms in total. The molecule has 0 spiro atoms. The van der Waals surface area contributed by atoms with Crippen LogP contribution in [0.5, 0.6) is 5.75 Å². The van der Waals surface area contributed by atoms with Gasteiger partial charge >= 0.3 is 13.7 Å². The van der Waals surface area contributed by atoms with Gasteiger partial charge in [0, 0.05) is 6.07 Å². The largest absolute Gasteiger partial charge is 0.462 e. The highest BCUT2D eigenvalue weighted by molar-refractivity contribution is 7.52. The molecule has 3 rings (SSSR count). The zero-order valence-electron chi connectivity index (χ0n) is 20.1. The number of nitrogens with one attached hydrogen (secondary N) is 1. The second-order valence-electron chi connectivity index (χ2n) is 8.48. The number of rotatable bonds is 11. The third-order valence-corrected chi connectivity index (χ3v) is 6.82. The lowest BCUT2D eigenvalue weighted by atomic mass is 10.1. The number of carbonyl (C=O) groups excluding carboxylic acids is 2. The molecule has 196 valence electrons. The molecule has 0 aliphatic carbocycles. The van der Waals surface area contributed by atoms with Gasteiger partial charge in [0.15, 0.2) is 18.5 Å². The van der Waals surface area contributed by atoms with Gasteiger partial charge in [0.2, 0.25) is 0 Å². The van der Waals surface area contributed by atoms with Crippen LogP contribution in [-0.4, -0.2) is 59.2 Å². The van der Waals surface area contributed by atoms with Crippen LogP contribution in [-0.2, 0) is 23.4 Å². The van der Waals surface area contributed by atoms with Crippen molar-refractivity contribution in [2.24, 2.45) is 5.73 Å². The molecular weight excluding hydrogens is 493 g/mol. The number of aliphatic hydroxyl groups excluding tert-OH is 2. The molecule has 1 fully saturated rings. The maximum Gasteiger partial charge on any atom is 0.459 e. The summed E-state index contributed by atoms with van der Waals surface area (Å²) < 4.78 is 37.0. The van der Waals surface area contributed by atoms with Gasteiger partial charge in [0.25, 0.3) is 12.1 Å². The summed E-state index contributed by atoms with van der Waals surface area (Å²) in [4.78, 5) is 23.8. The maximum absolute atomic E-state index is 13.6. The van der Waals surface area contributed by atoms with Crippen LogP contribution in [0.3, 0.4) is 0 Å². The molecular formula is C23H31N3O9P+. The lowest BCUT2D eigenvalue weighted by Gasteiger charge is -2.24. The Kier molecular flexibility index (Phi) is 9.18. The van der Waals surface area contributed by atoms with Crippen LogP contribution in [0.25, 0.3) is 0 Å². The molecule has 36 heavy (non-hydrogen) atoms. The van der Waals surface area contributed by atoms with Crippen LogP contribution in [0.4, 0.5) is 0 Å². The van der Waals surface area contributed by atoms with Crippen LogP contribution in [0.1, 0.15) is 37.4 Å². The van der Waals surface area contributed by atoms with Gasteiger partial charge in [-0.05, 0) is 39.0 Å². The van der Waals surface area contributed by atoms with Gasteiger partial charge in [-0.25, -0.2) is 4.57 Å². The summed E-state index contributed by atoms with van der Waals surface area (Å²) in [6, 6.07) is 10.2. The molecule has 2 heterocycles. The van der Waals surface area contributed by atoms with E-state index in [0.717, 1.165) is 0 Å². The van der Waals surface area contributed by atoms with Gasteiger partial charge in [-0.1, -0.05) is 18.2 Å². The number of ether oxygens (including phenoxy) is 2. The fourth-order valence-electron chi connectivity index (χ4n) is 3.42. The van der Waals surface area contributed by atoms with Gasteiger partial charge in [-0.2, -0.15) is 9.65 Å². The fraction of sp³-hybridized carbons (Fsp3) is 0.435. The highest BCUT2D eigenvalue weighted by Crippen LogP contribution is 2.45. The summed E-state index contributed by atoms with van der Waals surface area (Å²) in [6.45, 7) is 4.34. The normalized spacial score (nSPS) is 24.2. The van der Waals surface area contributed by atoms with E-state index < -0.39 is 56.8 Å². The first-order chi connectivity index (χ1) is 17.0. The molecule has 1 unspecified atom stereocenters. The smallest absolute Gasteiger partial charge is 0.459 e. The van der Waals surface area contributed by atoms with Crippen LogP contribution >= 0.6 is 7.75 Å². The number of carbonyl (C=O) groups is 2. The van der Waals surface area contributed by atoms with Crippen molar-refractivity contribution in [3.05, 3.63) is 60.4 Å². The molecule has 1 aliphatic rings. The maximum atomic E-state index is 13.6. The average Bonchev–Trinajstić information content (AvgIpc) is 3.11. The molecule has 1 amide bonds. The van der Waals surface area contributed by atoms with E-state index in [2.05, 4.69) is 5.09 Å². The van der Waals surface area contributed by atoms with E-state index in [1.807, 2.05) is 0 Å². The number of aromatic nitrogens is 1. The first-order valence-corrected chi connectivity index (χ1v) is 12.8. The first-order valence-electron chi connectivity index (χ1n) is 11.3. The first kappa shape index (κ1) is 27.7. The highest BCUT2D eigenvalue weighted by atomic mass is 31.2. The Labute approximate surface area is 208 Å². The molecule has 0 saturated carbocycles. The number of benzene rings is 1. The summed E-state index contributed by atoms with van der Waals surface area (Å²) in [7, 11) is -4.20. The van der Waals surface area contributed by atoms with Gasteiger partial charge in [-0.15, -0.1) is 0 Å². The molecule has 2 aromatic rings. The van der Waals surface area contributed by atoms with E-state index >= 15 is 0 Å². The van der Waals surface area contributed by atoms with E-state index in [1.54, 1.807) is 44.2 Å². The van der Waals surface area contributed by atoms with Gasteiger partial charge in [-0.3, -0.25) is 14.1 Å². The average molecular weight is 524 g/mol. The summed E-state index contributed by atoms with van der Waals surface area (Å²) >= 11 is 0. The molecule has 1 aromatic heterocycles. The second kappa shape index (κ2) is 11.9. The Hall–Kier alpha value is -2.86. The number of hydrogen-bond donors (Lipinski definition) is 4. The lowest BCUT2D eigenvalue weighted by molar-refractivity contribution is -0.765. The monoisotopic (exact) mass is 524 g/mol. The molecule has 1 aromatic carbocycles. The number of nitrogens with two attached hydrogens (primary N) is 1. The van der Waals surface area contributed by atoms with Gasteiger partial charge in [0.1, 0.15) is 29.6 Å². The Balaban J connectivity index is 1.74. The number of hydrogen-bond acceptors (Lipinski definition) is 9. The molecule has 0 bridgehead atoms. The number of aliphatic hydroxyl groups is 2. The summed E-state index contributed by atoms with van der Waals surface area (Å²) in [5, 5.41) is 23.6. The summed E-state index contributed by atoms with van der Waals surface area (Å²) in [5.41, 5.74) is 5.48. The van der Waals surface area contributed by atoms with E-state index in [-0.39, 0.29) is 17.4 Å². The van der Waals surface area contributed by atoms with Crippen LogP contribution < -0.4 is 19.9 Å². The Morgan fingerprint density at radius 3 is 2.47 bits per heavy atom. The van der Waals surface area contributed by atoms with Crippen molar-refractivity contribution < 1.29 is 47.5 Å². The summed E-state index contributed by atoms with van der Waals surface area (Å²) in [5.74, 6) is -1.13. The Morgan fingerprint density at radius 2 is 1.83 bits per heavy atom. The molecule has 1 saturated heterocycles. The number of pyridine rings is 1. The third kappa shape index (κ3) is 7.10. The van der Waals surface area contributed by atoms with Gasteiger partial charge < -0.3 is 29.9 Å². The number of esters is 1. The van der Waals surface area contributed by atoms with Crippen molar-refractivity contribution in [2.75, 3.05) is 6.61 Å². The number of amides is 1. The fourth-order valence-corrected chi connectivity index (χ4v) is 4.92. The molecule has 6 atom stereocenters. The van der Waals surface area contributed by atoms with E-state index in [4.69, 9.17) is 24.3 Å². The molecule has 1 aliphatic heterocycles. The number of para-hydroxylation sites is 1. The molecule has 0 radical (unpaired) electrons. The van der Waals surface area contributed by atoms with E-state index in [0.29, 0.717) is 0 Å². The molecule has 5 N–H and O–H groups in total. The quantitative estimate of drug-likeness (QED) is 0.187. The summed E-state index contributed by atoms with van der Waals surface area (Å²) in [6.07, 6.45) is -2.50.